The summed E-state index contributed by atoms with van der Waals surface area (Å²) >= 11 is 0. The maximum atomic E-state index is 5.69. The third-order valence-corrected chi connectivity index (χ3v) is 3.72. The Morgan fingerprint density at radius 2 is 1.92 bits per heavy atom. The van der Waals surface area contributed by atoms with Crippen LogP contribution in [-0.2, 0) is 13.0 Å². The Bertz CT molecular complexity index is 756. The minimum atomic E-state index is 0.509. The maximum absolute atomic E-state index is 5.69. The fourth-order valence-corrected chi connectivity index (χ4v) is 2.46. The molecule has 0 saturated heterocycles. The van der Waals surface area contributed by atoms with Crippen molar-refractivity contribution < 1.29 is 9.15 Å². The van der Waals surface area contributed by atoms with Gasteiger partial charge in [-0.25, -0.2) is 0 Å². The molecule has 1 N–H and O–H groups in total. The SMILES string of the molecule is COc1cccc(-c2nnc(CNCCCc3ccccc3)o2)c1. The molecule has 1 aromatic heterocycles. The number of aryl methyl sites for hydroxylation is 1. The van der Waals surface area contributed by atoms with E-state index in [1.165, 1.54) is 5.56 Å². The zero-order valence-corrected chi connectivity index (χ0v) is 13.7. The van der Waals surface area contributed by atoms with Crippen LogP contribution in [0.2, 0.25) is 0 Å². The van der Waals surface area contributed by atoms with Crippen LogP contribution in [0, 0.1) is 0 Å². The lowest BCUT2D eigenvalue weighted by molar-refractivity contribution is 0.414. The van der Waals surface area contributed by atoms with Crippen molar-refractivity contribution in [3.63, 3.8) is 0 Å². The number of aromatic nitrogens is 2. The zero-order chi connectivity index (χ0) is 16.6. The summed E-state index contributed by atoms with van der Waals surface area (Å²) in [6.07, 6.45) is 2.13. The second-order valence-corrected chi connectivity index (χ2v) is 5.50. The van der Waals surface area contributed by atoms with E-state index in [9.17, 15) is 0 Å². The molecular weight excluding hydrogens is 302 g/mol. The van der Waals surface area contributed by atoms with Crippen molar-refractivity contribution in [2.75, 3.05) is 13.7 Å². The van der Waals surface area contributed by atoms with E-state index in [2.05, 4.69) is 39.8 Å². The van der Waals surface area contributed by atoms with Gasteiger partial charge in [0.15, 0.2) is 0 Å². The highest BCUT2D eigenvalue weighted by Gasteiger charge is 2.08. The summed E-state index contributed by atoms with van der Waals surface area (Å²) in [5.41, 5.74) is 2.22. The van der Waals surface area contributed by atoms with Crippen molar-refractivity contribution in [1.29, 1.82) is 0 Å². The molecule has 0 unspecified atom stereocenters. The summed E-state index contributed by atoms with van der Waals surface area (Å²) in [6, 6.07) is 18.1. The predicted molar refractivity (Wildman–Crippen MR) is 92.8 cm³/mol. The number of hydrogen-bond acceptors (Lipinski definition) is 5. The summed E-state index contributed by atoms with van der Waals surface area (Å²) in [4.78, 5) is 0. The number of benzene rings is 2. The molecule has 0 aliphatic carbocycles. The van der Waals surface area contributed by atoms with Crippen LogP contribution in [0.4, 0.5) is 0 Å². The van der Waals surface area contributed by atoms with Gasteiger partial charge in [0.25, 0.3) is 0 Å². The molecule has 0 saturated carbocycles. The number of ether oxygens (including phenoxy) is 1. The van der Waals surface area contributed by atoms with Crippen LogP contribution in [0.5, 0.6) is 5.75 Å². The molecule has 3 aromatic rings. The second-order valence-electron chi connectivity index (χ2n) is 5.50. The molecule has 5 nitrogen and oxygen atoms in total. The molecule has 0 atom stereocenters. The molecular formula is C19H21N3O2. The molecule has 0 amide bonds. The van der Waals surface area contributed by atoms with Gasteiger partial charge < -0.3 is 14.5 Å². The predicted octanol–water partition coefficient (Wildman–Crippen LogP) is 3.47. The van der Waals surface area contributed by atoms with Gasteiger partial charge >= 0.3 is 0 Å². The van der Waals surface area contributed by atoms with Crippen LogP contribution in [0.1, 0.15) is 17.9 Å². The van der Waals surface area contributed by atoms with E-state index in [4.69, 9.17) is 9.15 Å². The van der Waals surface area contributed by atoms with Gasteiger partial charge in [-0.1, -0.05) is 36.4 Å². The Balaban J connectivity index is 1.46. The van der Waals surface area contributed by atoms with Gasteiger partial charge in [-0.05, 0) is 43.1 Å². The number of nitrogens with zero attached hydrogens (tertiary/aromatic N) is 2. The van der Waals surface area contributed by atoms with Gasteiger partial charge in [-0.2, -0.15) is 0 Å². The van der Waals surface area contributed by atoms with Crippen molar-refractivity contribution in [2.45, 2.75) is 19.4 Å². The van der Waals surface area contributed by atoms with Crippen LogP contribution in [0.3, 0.4) is 0 Å². The van der Waals surface area contributed by atoms with Crippen molar-refractivity contribution in [3.05, 3.63) is 66.1 Å². The van der Waals surface area contributed by atoms with Crippen LogP contribution >= 0.6 is 0 Å². The van der Waals surface area contributed by atoms with Crippen LogP contribution in [0.25, 0.3) is 11.5 Å². The molecule has 124 valence electrons. The first-order valence-corrected chi connectivity index (χ1v) is 8.06. The van der Waals surface area contributed by atoms with Crippen molar-refractivity contribution in [1.82, 2.24) is 15.5 Å². The molecule has 0 spiro atoms. The Hall–Kier alpha value is -2.66. The van der Waals surface area contributed by atoms with E-state index >= 15 is 0 Å². The molecule has 0 aliphatic rings. The molecule has 0 bridgehead atoms. The molecule has 3 rings (SSSR count). The number of methoxy groups -OCH3 is 1. The molecule has 2 aromatic carbocycles. The fourth-order valence-electron chi connectivity index (χ4n) is 2.46. The van der Waals surface area contributed by atoms with Crippen LogP contribution < -0.4 is 10.1 Å². The zero-order valence-electron chi connectivity index (χ0n) is 13.7. The van der Waals surface area contributed by atoms with Gasteiger partial charge in [0.2, 0.25) is 11.8 Å². The summed E-state index contributed by atoms with van der Waals surface area (Å²) in [5, 5.41) is 11.5. The van der Waals surface area contributed by atoms with E-state index in [-0.39, 0.29) is 0 Å². The lowest BCUT2D eigenvalue weighted by Gasteiger charge is -2.02. The molecule has 1 heterocycles. The lowest BCUT2D eigenvalue weighted by atomic mass is 10.1. The summed E-state index contributed by atoms with van der Waals surface area (Å²) < 4.78 is 10.9. The molecule has 0 fully saturated rings. The van der Waals surface area contributed by atoms with Gasteiger partial charge in [-0.15, -0.1) is 10.2 Å². The van der Waals surface area contributed by atoms with Crippen molar-refractivity contribution in [2.24, 2.45) is 0 Å². The first-order chi connectivity index (χ1) is 11.8. The van der Waals surface area contributed by atoms with Crippen LogP contribution in [-0.4, -0.2) is 23.9 Å². The van der Waals surface area contributed by atoms with Crippen LogP contribution in [0.15, 0.2) is 59.0 Å². The first-order valence-electron chi connectivity index (χ1n) is 8.06. The minimum absolute atomic E-state index is 0.509. The summed E-state index contributed by atoms with van der Waals surface area (Å²) in [6.45, 7) is 1.48. The first kappa shape index (κ1) is 16.2. The van der Waals surface area contributed by atoms with Gasteiger partial charge in [0.05, 0.1) is 13.7 Å². The van der Waals surface area contributed by atoms with Gasteiger partial charge in [0, 0.05) is 5.56 Å². The lowest BCUT2D eigenvalue weighted by Crippen LogP contribution is -2.15. The van der Waals surface area contributed by atoms with Gasteiger partial charge in [0.1, 0.15) is 5.75 Å². The Kier molecular flexibility index (Phi) is 5.58. The second kappa shape index (κ2) is 8.26. The van der Waals surface area contributed by atoms with E-state index in [0.717, 1.165) is 30.7 Å². The molecule has 24 heavy (non-hydrogen) atoms. The molecule has 0 radical (unpaired) electrons. The average Bonchev–Trinajstić information content (AvgIpc) is 3.11. The highest BCUT2D eigenvalue weighted by atomic mass is 16.5. The smallest absolute Gasteiger partial charge is 0.247 e. The minimum Gasteiger partial charge on any atom is -0.497 e. The topological polar surface area (TPSA) is 60.2 Å². The van der Waals surface area contributed by atoms with E-state index < -0.39 is 0 Å². The highest BCUT2D eigenvalue weighted by Crippen LogP contribution is 2.22. The summed E-state index contributed by atoms with van der Waals surface area (Å²) in [5.74, 6) is 1.87. The van der Waals surface area contributed by atoms with Crippen molar-refractivity contribution >= 4 is 0 Å². The van der Waals surface area contributed by atoms with E-state index in [1.54, 1.807) is 7.11 Å². The highest BCUT2D eigenvalue weighted by molar-refractivity contribution is 5.55. The Labute approximate surface area is 141 Å². The average molecular weight is 323 g/mol. The normalized spacial score (nSPS) is 10.7. The third-order valence-electron chi connectivity index (χ3n) is 3.72. The molecule has 5 heteroatoms. The fraction of sp³-hybridized carbons (Fsp3) is 0.263. The monoisotopic (exact) mass is 323 g/mol. The summed E-state index contributed by atoms with van der Waals surface area (Å²) in [7, 11) is 1.64. The third kappa shape index (κ3) is 4.43. The van der Waals surface area contributed by atoms with Crippen molar-refractivity contribution in [3.8, 4) is 17.2 Å². The standard InChI is InChI=1S/C19H21N3O2/c1-23-17-11-5-10-16(13-17)19-22-21-18(24-19)14-20-12-6-9-15-7-3-2-4-8-15/h2-5,7-8,10-11,13,20H,6,9,12,14H2,1H3. The number of hydrogen-bond donors (Lipinski definition) is 1. The van der Waals surface area contributed by atoms with E-state index in [1.807, 2.05) is 30.3 Å². The Morgan fingerprint density at radius 3 is 2.75 bits per heavy atom. The Morgan fingerprint density at radius 1 is 1.04 bits per heavy atom. The van der Waals surface area contributed by atoms with Gasteiger partial charge in [-0.3, -0.25) is 0 Å². The number of rotatable bonds is 8. The molecule has 0 aliphatic heterocycles. The maximum Gasteiger partial charge on any atom is 0.247 e. The van der Waals surface area contributed by atoms with E-state index in [0.29, 0.717) is 18.3 Å². The number of nitrogens with one attached hydrogen (secondary N) is 1. The largest absolute Gasteiger partial charge is 0.497 e. The quantitative estimate of drug-likeness (QED) is 0.643.